The van der Waals surface area contributed by atoms with Crippen molar-refractivity contribution in [1.82, 2.24) is 9.55 Å². The first-order valence-corrected chi connectivity index (χ1v) is 22.1. The van der Waals surface area contributed by atoms with E-state index in [1.54, 1.807) is 0 Å². The van der Waals surface area contributed by atoms with Crippen LogP contribution in [0.3, 0.4) is 0 Å². The van der Waals surface area contributed by atoms with Crippen molar-refractivity contribution in [1.29, 1.82) is 0 Å². The maximum Gasteiger partial charge on any atom is 0.213 e. The molecule has 1 spiro atoms. The zero-order chi connectivity index (χ0) is 40.3. The molecule has 2 aliphatic carbocycles. The number of pyridine rings is 1. The Morgan fingerprint density at radius 1 is 0.452 bits per heavy atom. The van der Waals surface area contributed by atoms with Crippen LogP contribution in [0.25, 0.3) is 114 Å². The van der Waals surface area contributed by atoms with Gasteiger partial charge < -0.3 is 4.42 Å². The fourth-order valence-electron chi connectivity index (χ4n) is 11.6. The van der Waals surface area contributed by atoms with Crippen molar-refractivity contribution >= 4 is 86.2 Å². The van der Waals surface area contributed by atoms with Crippen LogP contribution in [-0.4, -0.2) is 9.55 Å². The summed E-state index contributed by atoms with van der Waals surface area (Å²) in [4.78, 5) is 5.47. The average Bonchev–Trinajstić information content (AvgIpc) is 4.12. The summed E-state index contributed by atoms with van der Waals surface area (Å²) >= 11 is 1.86. The monoisotopic (exact) mass is 804 g/mol. The van der Waals surface area contributed by atoms with E-state index in [0.717, 1.165) is 55.4 Å². The minimum atomic E-state index is -0.415. The molecule has 0 unspecified atom stereocenters. The van der Waals surface area contributed by atoms with Crippen LogP contribution in [0.5, 0.6) is 0 Å². The molecule has 0 bridgehead atoms. The smallest absolute Gasteiger partial charge is 0.213 e. The van der Waals surface area contributed by atoms with Gasteiger partial charge in [0.15, 0.2) is 0 Å². The number of hydrogen-bond donors (Lipinski definition) is 0. The van der Waals surface area contributed by atoms with Crippen LogP contribution in [0.2, 0.25) is 0 Å². The lowest BCUT2D eigenvalue weighted by Crippen LogP contribution is -2.25. The second-order valence-corrected chi connectivity index (χ2v) is 18.0. The summed E-state index contributed by atoms with van der Waals surface area (Å²) in [5.41, 5.74) is 17.2. The van der Waals surface area contributed by atoms with Crippen LogP contribution < -0.4 is 0 Å². The van der Waals surface area contributed by atoms with E-state index in [1.807, 2.05) is 11.3 Å². The predicted molar refractivity (Wildman–Crippen MR) is 258 cm³/mol. The summed E-state index contributed by atoms with van der Waals surface area (Å²) in [5.74, 6) is 0. The Morgan fingerprint density at radius 2 is 1.10 bits per heavy atom. The molecule has 286 valence electrons. The number of aromatic nitrogens is 2. The third-order valence-corrected chi connectivity index (χ3v) is 15.1. The van der Waals surface area contributed by atoms with E-state index < -0.39 is 5.41 Å². The van der Waals surface area contributed by atoms with E-state index >= 15 is 0 Å². The van der Waals surface area contributed by atoms with E-state index in [4.69, 9.17) is 9.40 Å². The Kier molecular flexibility index (Phi) is 6.24. The number of thiophene rings is 1. The molecule has 0 atom stereocenters. The lowest BCUT2D eigenvalue weighted by molar-refractivity contribution is 0.645. The Morgan fingerprint density at radius 3 is 1.89 bits per heavy atom. The fraction of sp³-hybridized carbons (Fsp3) is 0.0172. The highest BCUT2D eigenvalue weighted by molar-refractivity contribution is 7.25. The van der Waals surface area contributed by atoms with Crippen LogP contribution >= 0.6 is 11.3 Å². The van der Waals surface area contributed by atoms with Gasteiger partial charge in [-0.15, -0.1) is 11.3 Å². The largest absolute Gasteiger partial charge is 0.439 e. The number of furan rings is 1. The third kappa shape index (κ3) is 3.99. The molecule has 0 saturated carbocycles. The first-order valence-electron chi connectivity index (χ1n) is 21.3. The highest BCUT2D eigenvalue weighted by Crippen LogP contribution is 2.64. The molecule has 4 heterocycles. The van der Waals surface area contributed by atoms with Gasteiger partial charge in [0.05, 0.1) is 27.5 Å². The average molecular weight is 805 g/mol. The second kappa shape index (κ2) is 11.7. The summed E-state index contributed by atoms with van der Waals surface area (Å²) in [6.45, 7) is 0. The quantitative estimate of drug-likeness (QED) is 0.163. The van der Waals surface area contributed by atoms with Crippen molar-refractivity contribution in [2.75, 3.05) is 0 Å². The minimum absolute atomic E-state index is 0.415. The molecule has 0 fully saturated rings. The van der Waals surface area contributed by atoms with Crippen molar-refractivity contribution in [3.8, 4) is 39.2 Å². The van der Waals surface area contributed by atoms with E-state index in [0.29, 0.717) is 0 Å². The third-order valence-electron chi connectivity index (χ3n) is 14.0. The van der Waals surface area contributed by atoms with Gasteiger partial charge >= 0.3 is 0 Å². The number of benzene rings is 9. The van der Waals surface area contributed by atoms with Gasteiger partial charge in [0, 0.05) is 58.4 Å². The molecule has 62 heavy (non-hydrogen) atoms. The highest BCUT2D eigenvalue weighted by atomic mass is 32.1. The first-order chi connectivity index (χ1) is 30.8. The van der Waals surface area contributed by atoms with Gasteiger partial charge in [0.2, 0.25) is 5.71 Å². The molecular weight excluding hydrogens is 773 g/mol. The van der Waals surface area contributed by atoms with Gasteiger partial charge in [-0.1, -0.05) is 152 Å². The number of rotatable bonds is 2. The zero-order valence-corrected chi connectivity index (χ0v) is 34.0. The summed E-state index contributed by atoms with van der Waals surface area (Å²) in [7, 11) is 0. The summed E-state index contributed by atoms with van der Waals surface area (Å²) in [5, 5.41) is 9.63. The standard InChI is InChI=1S/C58H32N2OS/c1-7-19-44-35(13-1)36-14-2-8-20-45(36)58(44)46-21-9-3-16-38(46)55-47(58)30-29-41-53(55)39-17-4-10-22-48(39)59-56(41)33-25-27-34(28-26-33)60-49-31-42-37-15-6-12-24-51(37)62-52(42)32-43(49)54-40-18-5-11-23-50(40)61-57(54)60/h1-32H. The first kappa shape index (κ1) is 33.0. The van der Waals surface area contributed by atoms with E-state index in [1.165, 1.54) is 80.8 Å². The predicted octanol–water partition coefficient (Wildman–Crippen LogP) is 15.6. The molecule has 4 aromatic heterocycles. The van der Waals surface area contributed by atoms with E-state index in [9.17, 15) is 0 Å². The molecule has 0 aliphatic heterocycles. The SMILES string of the molecule is c1ccc2c(c1)-c1ccccc1C21c2ccccc2-c2c1ccc1c(-c3ccc(-n4c5cc6c(cc5c5c7ccccc7oc54)sc4ccccc46)cc3)nc3ccccc3c21. The Bertz CT molecular complexity index is 4060. The Balaban J connectivity index is 0.978. The lowest BCUT2D eigenvalue weighted by atomic mass is 9.70. The van der Waals surface area contributed by atoms with Crippen molar-refractivity contribution in [2.45, 2.75) is 5.41 Å². The molecule has 2 aliphatic rings. The number of hydrogen-bond acceptors (Lipinski definition) is 3. The molecule has 15 rings (SSSR count). The van der Waals surface area contributed by atoms with Crippen molar-refractivity contribution < 1.29 is 4.42 Å². The molecule has 0 amide bonds. The van der Waals surface area contributed by atoms with Crippen LogP contribution in [0.1, 0.15) is 22.3 Å². The van der Waals surface area contributed by atoms with E-state index in [-0.39, 0.29) is 0 Å². The number of para-hydroxylation sites is 2. The summed E-state index contributed by atoms with van der Waals surface area (Å²) in [6, 6.07) is 71.5. The molecule has 4 heteroatoms. The Hall–Kier alpha value is -7.79. The van der Waals surface area contributed by atoms with Crippen LogP contribution in [-0.2, 0) is 5.41 Å². The molecule has 0 saturated heterocycles. The molecular formula is C58H32N2OS. The van der Waals surface area contributed by atoms with E-state index in [2.05, 4.69) is 199 Å². The highest BCUT2D eigenvalue weighted by Gasteiger charge is 2.52. The summed E-state index contributed by atoms with van der Waals surface area (Å²) in [6.07, 6.45) is 0. The Labute approximate surface area is 359 Å². The summed E-state index contributed by atoms with van der Waals surface area (Å²) < 4.78 is 11.6. The second-order valence-electron chi connectivity index (χ2n) is 16.9. The topological polar surface area (TPSA) is 31.0 Å². The van der Waals surface area contributed by atoms with Crippen LogP contribution in [0, 0.1) is 0 Å². The van der Waals surface area contributed by atoms with Crippen LogP contribution in [0.4, 0.5) is 0 Å². The van der Waals surface area contributed by atoms with Gasteiger partial charge in [-0.3, -0.25) is 4.57 Å². The molecule has 13 aromatic rings. The fourth-order valence-corrected chi connectivity index (χ4v) is 12.7. The normalized spacial score (nSPS) is 13.6. The molecule has 3 nitrogen and oxygen atoms in total. The molecule has 0 N–H and O–H groups in total. The molecule has 9 aromatic carbocycles. The van der Waals surface area contributed by atoms with Gasteiger partial charge in [0.25, 0.3) is 0 Å². The zero-order valence-electron chi connectivity index (χ0n) is 33.2. The molecule has 0 radical (unpaired) electrons. The minimum Gasteiger partial charge on any atom is -0.439 e. The lowest BCUT2D eigenvalue weighted by Gasteiger charge is -2.30. The van der Waals surface area contributed by atoms with Crippen molar-refractivity contribution in [2.24, 2.45) is 0 Å². The maximum absolute atomic E-state index is 6.74. The van der Waals surface area contributed by atoms with Gasteiger partial charge in [-0.25, -0.2) is 4.98 Å². The van der Waals surface area contributed by atoms with Crippen LogP contribution in [0.15, 0.2) is 199 Å². The van der Waals surface area contributed by atoms with Gasteiger partial charge in [-0.05, 0) is 87.0 Å². The van der Waals surface area contributed by atoms with Gasteiger partial charge in [0.1, 0.15) is 5.58 Å². The number of nitrogens with zero attached hydrogens (tertiary/aromatic N) is 2. The van der Waals surface area contributed by atoms with Crippen molar-refractivity contribution in [3.63, 3.8) is 0 Å². The van der Waals surface area contributed by atoms with Crippen molar-refractivity contribution in [3.05, 3.63) is 216 Å². The maximum atomic E-state index is 6.74. The van der Waals surface area contributed by atoms with Gasteiger partial charge in [-0.2, -0.15) is 0 Å². The number of fused-ring (bicyclic) bond motifs is 22.